The summed E-state index contributed by atoms with van der Waals surface area (Å²) in [7, 11) is 0. The lowest BCUT2D eigenvalue weighted by Crippen LogP contribution is -2.04. The first-order valence-corrected chi connectivity index (χ1v) is 3.01. The van der Waals surface area contributed by atoms with Crippen LogP contribution in [0.4, 0.5) is 5.88 Å². The number of amides is 1. The molecular weight excluding hydrogens is 144 g/mol. The monoisotopic (exact) mass is 152 g/mol. The van der Waals surface area contributed by atoms with E-state index < -0.39 is 5.91 Å². The van der Waals surface area contributed by atoms with Gasteiger partial charge in [0.2, 0.25) is 5.91 Å². The molecule has 4 heteroatoms. The van der Waals surface area contributed by atoms with Crippen molar-refractivity contribution in [2.45, 2.75) is 0 Å². The highest BCUT2D eigenvalue weighted by Crippen LogP contribution is 2.09. The average Bonchev–Trinajstić information content (AvgIpc) is 2.31. The summed E-state index contributed by atoms with van der Waals surface area (Å²) in [6.45, 7) is 0. The van der Waals surface area contributed by atoms with E-state index in [1.807, 2.05) is 0 Å². The van der Waals surface area contributed by atoms with E-state index in [1.54, 1.807) is 12.1 Å². The molecule has 0 saturated heterocycles. The standard InChI is InChI=1S/C7H8N2O2/c8-6(10)3-1-5-2-4-7(9)11-5/h1-4H,9H2,(H2,8,10)/b3-1+. The summed E-state index contributed by atoms with van der Waals surface area (Å²) in [5.41, 5.74) is 10.1. The number of anilines is 1. The van der Waals surface area contributed by atoms with Gasteiger partial charge in [-0.25, -0.2) is 0 Å². The Morgan fingerprint density at radius 2 is 2.27 bits per heavy atom. The van der Waals surface area contributed by atoms with Crippen molar-refractivity contribution in [2.24, 2.45) is 5.73 Å². The van der Waals surface area contributed by atoms with Crippen LogP contribution in [-0.4, -0.2) is 5.91 Å². The van der Waals surface area contributed by atoms with Crippen LogP contribution in [0, 0.1) is 0 Å². The normalized spacial score (nSPS) is 10.5. The molecule has 0 aromatic carbocycles. The smallest absolute Gasteiger partial charge is 0.241 e. The third-order valence-corrected chi connectivity index (χ3v) is 1.06. The first kappa shape index (κ1) is 7.40. The number of rotatable bonds is 2. The number of primary amides is 1. The van der Waals surface area contributed by atoms with Crippen molar-refractivity contribution < 1.29 is 9.21 Å². The Balaban J connectivity index is 2.71. The van der Waals surface area contributed by atoms with Gasteiger partial charge in [-0.15, -0.1) is 0 Å². The average molecular weight is 152 g/mol. The summed E-state index contributed by atoms with van der Waals surface area (Å²) in [5, 5.41) is 0. The molecule has 1 heterocycles. The molecule has 0 saturated carbocycles. The number of nitrogen functional groups attached to an aromatic ring is 1. The van der Waals surface area contributed by atoms with E-state index in [1.165, 1.54) is 12.2 Å². The van der Waals surface area contributed by atoms with Crippen molar-refractivity contribution in [3.63, 3.8) is 0 Å². The molecule has 0 aliphatic rings. The fourth-order valence-corrected chi connectivity index (χ4v) is 0.622. The first-order valence-electron chi connectivity index (χ1n) is 3.01. The highest BCUT2D eigenvalue weighted by molar-refractivity contribution is 5.89. The topological polar surface area (TPSA) is 82.2 Å². The molecule has 58 valence electrons. The SMILES string of the molecule is NC(=O)/C=C/c1ccc(N)o1. The van der Waals surface area contributed by atoms with Gasteiger partial charge in [-0.2, -0.15) is 0 Å². The van der Waals surface area contributed by atoms with Crippen molar-refractivity contribution in [3.8, 4) is 0 Å². The molecule has 0 bridgehead atoms. The van der Waals surface area contributed by atoms with Gasteiger partial charge in [0.25, 0.3) is 0 Å². The van der Waals surface area contributed by atoms with Crippen molar-refractivity contribution >= 4 is 17.9 Å². The predicted molar refractivity (Wildman–Crippen MR) is 41.3 cm³/mol. The molecule has 0 fully saturated rings. The maximum absolute atomic E-state index is 10.2. The molecule has 4 nitrogen and oxygen atoms in total. The third-order valence-electron chi connectivity index (χ3n) is 1.06. The Morgan fingerprint density at radius 3 is 2.73 bits per heavy atom. The van der Waals surface area contributed by atoms with Crippen molar-refractivity contribution in [1.29, 1.82) is 0 Å². The van der Waals surface area contributed by atoms with Gasteiger partial charge in [-0.05, 0) is 12.1 Å². The zero-order valence-corrected chi connectivity index (χ0v) is 5.78. The van der Waals surface area contributed by atoms with Crippen LogP contribution in [-0.2, 0) is 4.79 Å². The van der Waals surface area contributed by atoms with E-state index >= 15 is 0 Å². The lowest BCUT2D eigenvalue weighted by atomic mass is 10.4. The van der Waals surface area contributed by atoms with Crippen LogP contribution in [0.15, 0.2) is 22.6 Å². The fourth-order valence-electron chi connectivity index (χ4n) is 0.622. The quantitative estimate of drug-likeness (QED) is 0.600. The summed E-state index contributed by atoms with van der Waals surface area (Å²) in [5.74, 6) is 0.315. The Kier molecular flexibility index (Phi) is 1.96. The second-order valence-corrected chi connectivity index (χ2v) is 1.98. The fraction of sp³-hybridized carbons (Fsp3) is 0. The van der Waals surface area contributed by atoms with Crippen molar-refractivity contribution in [2.75, 3.05) is 5.73 Å². The van der Waals surface area contributed by atoms with Crippen LogP contribution in [0.25, 0.3) is 6.08 Å². The zero-order valence-electron chi connectivity index (χ0n) is 5.78. The molecule has 0 spiro atoms. The Labute approximate surface area is 63.5 Å². The van der Waals surface area contributed by atoms with Gasteiger partial charge in [-0.3, -0.25) is 4.79 Å². The van der Waals surface area contributed by atoms with Crippen LogP contribution >= 0.6 is 0 Å². The molecule has 1 aromatic rings. The number of nitrogens with two attached hydrogens (primary N) is 2. The maximum atomic E-state index is 10.2. The predicted octanol–water partition coefficient (Wildman–Crippen LogP) is 0.360. The van der Waals surface area contributed by atoms with Crippen LogP contribution in [0.1, 0.15) is 5.76 Å². The Morgan fingerprint density at radius 1 is 1.55 bits per heavy atom. The molecule has 0 atom stereocenters. The first-order chi connectivity index (χ1) is 5.18. The molecule has 1 aromatic heterocycles. The van der Waals surface area contributed by atoms with Crippen molar-refractivity contribution in [1.82, 2.24) is 0 Å². The van der Waals surface area contributed by atoms with E-state index in [0.717, 1.165) is 0 Å². The highest BCUT2D eigenvalue weighted by atomic mass is 16.3. The van der Waals surface area contributed by atoms with Gasteiger partial charge in [0.05, 0.1) is 0 Å². The van der Waals surface area contributed by atoms with Crippen LogP contribution in [0.5, 0.6) is 0 Å². The van der Waals surface area contributed by atoms with Gasteiger partial charge in [-0.1, -0.05) is 0 Å². The van der Waals surface area contributed by atoms with Gasteiger partial charge in [0.1, 0.15) is 5.76 Å². The molecule has 0 aliphatic carbocycles. The van der Waals surface area contributed by atoms with Gasteiger partial charge >= 0.3 is 0 Å². The summed E-state index contributed by atoms with van der Waals surface area (Å²) in [6.07, 6.45) is 2.66. The summed E-state index contributed by atoms with van der Waals surface area (Å²) < 4.78 is 4.92. The van der Waals surface area contributed by atoms with E-state index in [9.17, 15) is 4.79 Å². The van der Waals surface area contributed by atoms with Crippen molar-refractivity contribution in [3.05, 3.63) is 24.0 Å². The Bertz CT molecular complexity index is 288. The summed E-state index contributed by atoms with van der Waals surface area (Å²) in [6, 6.07) is 3.25. The molecule has 4 N–H and O–H groups in total. The van der Waals surface area contributed by atoms with Crippen LogP contribution in [0.2, 0.25) is 0 Å². The minimum absolute atomic E-state index is 0.314. The molecule has 0 unspecified atom stereocenters. The lowest BCUT2D eigenvalue weighted by molar-refractivity contribution is -0.113. The van der Waals surface area contributed by atoms with Gasteiger partial charge < -0.3 is 15.9 Å². The molecular formula is C7H8N2O2. The van der Waals surface area contributed by atoms with E-state index in [4.69, 9.17) is 15.9 Å². The number of furan rings is 1. The molecule has 0 aliphatic heterocycles. The van der Waals surface area contributed by atoms with E-state index in [-0.39, 0.29) is 0 Å². The second-order valence-electron chi connectivity index (χ2n) is 1.98. The van der Waals surface area contributed by atoms with Gasteiger partial charge in [0, 0.05) is 12.1 Å². The second kappa shape index (κ2) is 2.92. The maximum Gasteiger partial charge on any atom is 0.241 e. The minimum Gasteiger partial charge on any atom is -0.442 e. The number of hydrogen-bond acceptors (Lipinski definition) is 3. The van der Waals surface area contributed by atoms with E-state index in [0.29, 0.717) is 11.6 Å². The third kappa shape index (κ3) is 2.17. The van der Waals surface area contributed by atoms with Gasteiger partial charge in [0.15, 0.2) is 5.88 Å². The minimum atomic E-state index is -0.514. The molecule has 1 rings (SSSR count). The van der Waals surface area contributed by atoms with Crippen LogP contribution in [0.3, 0.4) is 0 Å². The number of carbonyl (C=O) groups excluding carboxylic acids is 1. The Hall–Kier alpha value is -1.71. The van der Waals surface area contributed by atoms with E-state index in [2.05, 4.69) is 0 Å². The largest absolute Gasteiger partial charge is 0.442 e. The zero-order chi connectivity index (χ0) is 8.27. The molecule has 11 heavy (non-hydrogen) atoms. The molecule has 0 radical (unpaired) electrons. The number of carbonyl (C=O) groups is 1. The number of hydrogen-bond donors (Lipinski definition) is 2. The highest BCUT2D eigenvalue weighted by Gasteiger charge is 1.92. The summed E-state index contributed by atoms with van der Waals surface area (Å²) in [4.78, 5) is 10.2. The lowest BCUT2D eigenvalue weighted by Gasteiger charge is -1.82. The molecule has 1 amide bonds. The van der Waals surface area contributed by atoms with Crippen LogP contribution < -0.4 is 11.5 Å². The summed E-state index contributed by atoms with van der Waals surface area (Å²) >= 11 is 0.